The maximum atomic E-state index is 12.4. The zero-order valence-corrected chi connectivity index (χ0v) is 12.6. The Morgan fingerprint density at radius 3 is 2.55 bits per heavy atom. The van der Waals surface area contributed by atoms with Crippen molar-refractivity contribution in [3.8, 4) is 0 Å². The lowest BCUT2D eigenvalue weighted by Crippen LogP contribution is -2.30. The van der Waals surface area contributed by atoms with Crippen molar-refractivity contribution in [2.24, 2.45) is 5.92 Å². The van der Waals surface area contributed by atoms with Crippen LogP contribution in [0.3, 0.4) is 0 Å². The highest BCUT2D eigenvalue weighted by molar-refractivity contribution is 5.81. The molecular weight excluding hydrogens is 278 g/mol. The van der Waals surface area contributed by atoms with E-state index in [1.165, 1.54) is 5.56 Å². The van der Waals surface area contributed by atoms with E-state index in [2.05, 4.69) is 22.3 Å². The van der Waals surface area contributed by atoms with Gasteiger partial charge in [0.2, 0.25) is 11.8 Å². The van der Waals surface area contributed by atoms with E-state index >= 15 is 0 Å². The van der Waals surface area contributed by atoms with Gasteiger partial charge in [-0.2, -0.15) is 4.98 Å². The van der Waals surface area contributed by atoms with Gasteiger partial charge in [-0.05, 0) is 25.3 Å². The van der Waals surface area contributed by atoms with E-state index in [-0.39, 0.29) is 17.8 Å². The Bertz CT molecular complexity index is 678. The molecule has 5 nitrogen and oxygen atoms in total. The fourth-order valence-corrected chi connectivity index (χ4v) is 3.32. The summed E-state index contributed by atoms with van der Waals surface area (Å²) in [7, 11) is 0. The van der Waals surface area contributed by atoms with Crippen LogP contribution in [0.25, 0.3) is 0 Å². The molecule has 1 amide bonds. The van der Waals surface area contributed by atoms with Gasteiger partial charge in [0.15, 0.2) is 5.82 Å². The SMILES string of the molecule is Cc1noc([C@H]2CN(C(=O)C3CC3)C[C@H]2c2ccccc2)n1. The third-order valence-electron chi connectivity index (χ3n) is 4.65. The predicted molar refractivity (Wildman–Crippen MR) is 80.3 cm³/mol. The second-order valence-corrected chi connectivity index (χ2v) is 6.32. The quantitative estimate of drug-likeness (QED) is 0.873. The average molecular weight is 297 g/mol. The molecule has 1 aromatic heterocycles. The van der Waals surface area contributed by atoms with Crippen LogP contribution in [0, 0.1) is 12.8 Å². The molecule has 1 saturated heterocycles. The van der Waals surface area contributed by atoms with E-state index in [0.717, 1.165) is 19.4 Å². The number of carbonyl (C=O) groups excluding carboxylic acids is 1. The maximum absolute atomic E-state index is 12.4. The highest BCUT2D eigenvalue weighted by Crippen LogP contribution is 2.41. The second kappa shape index (κ2) is 5.23. The number of nitrogens with zero attached hydrogens (tertiary/aromatic N) is 3. The summed E-state index contributed by atoms with van der Waals surface area (Å²) in [5.41, 5.74) is 1.23. The monoisotopic (exact) mass is 297 g/mol. The Kier molecular flexibility index (Phi) is 3.21. The highest BCUT2D eigenvalue weighted by Gasteiger charge is 2.43. The predicted octanol–water partition coefficient (Wildman–Crippen LogP) is 2.50. The molecule has 2 fully saturated rings. The average Bonchev–Trinajstić information content (AvgIpc) is 3.15. The number of rotatable bonds is 3. The Balaban J connectivity index is 1.64. The van der Waals surface area contributed by atoms with Crippen LogP contribution in [0.15, 0.2) is 34.9 Å². The molecule has 2 aliphatic rings. The normalized spacial score (nSPS) is 24.7. The van der Waals surface area contributed by atoms with Gasteiger partial charge in [-0.15, -0.1) is 0 Å². The van der Waals surface area contributed by atoms with E-state index in [9.17, 15) is 4.79 Å². The van der Waals surface area contributed by atoms with Crippen molar-refractivity contribution in [2.75, 3.05) is 13.1 Å². The van der Waals surface area contributed by atoms with Gasteiger partial charge in [0.1, 0.15) is 0 Å². The number of likely N-dealkylation sites (tertiary alicyclic amines) is 1. The first-order valence-electron chi connectivity index (χ1n) is 7.86. The van der Waals surface area contributed by atoms with E-state index in [0.29, 0.717) is 24.2 Å². The molecule has 0 radical (unpaired) electrons. The Hall–Kier alpha value is -2.17. The number of aryl methyl sites for hydroxylation is 1. The lowest BCUT2D eigenvalue weighted by atomic mass is 9.89. The summed E-state index contributed by atoms with van der Waals surface area (Å²) in [4.78, 5) is 18.8. The van der Waals surface area contributed by atoms with Crippen molar-refractivity contribution in [3.63, 3.8) is 0 Å². The molecule has 2 atom stereocenters. The molecule has 2 heterocycles. The molecule has 114 valence electrons. The summed E-state index contributed by atoms with van der Waals surface area (Å²) in [5, 5.41) is 3.92. The van der Waals surface area contributed by atoms with E-state index in [1.807, 2.05) is 30.0 Å². The summed E-state index contributed by atoms with van der Waals surface area (Å²) < 4.78 is 5.41. The van der Waals surface area contributed by atoms with Crippen LogP contribution in [0.5, 0.6) is 0 Å². The van der Waals surface area contributed by atoms with Crippen molar-refractivity contribution in [1.29, 1.82) is 0 Å². The smallest absolute Gasteiger partial charge is 0.232 e. The lowest BCUT2D eigenvalue weighted by molar-refractivity contribution is -0.131. The van der Waals surface area contributed by atoms with Crippen LogP contribution < -0.4 is 0 Å². The first-order chi connectivity index (χ1) is 10.7. The molecule has 1 aromatic carbocycles. The molecule has 0 N–H and O–H groups in total. The molecule has 4 rings (SSSR count). The van der Waals surface area contributed by atoms with Crippen LogP contribution in [0.4, 0.5) is 0 Å². The first kappa shape index (κ1) is 13.5. The molecule has 5 heteroatoms. The fraction of sp³-hybridized carbons (Fsp3) is 0.471. The lowest BCUT2D eigenvalue weighted by Gasteiger charge is -2.16. The zero-order chi connectivity index (χ0) is 15.1. The van der Waals surface area contributed by atoms with Gasteiger partial charge in [0.05, 0.1) is 5.92 Å². The summed E-state index contributed by atoms with van der Waals surface area (Å²) in [5.74, 6) is 2.15. The molecule has 0 spiro atoms. The zero-order valence-electron chi connectivity index (χ0n) is 12.6. The molecule has 1 aliphatic heterocycles. The first-order valence-corrected chi connectivity index (χ1v) is 7.86. The van der Waals surface area contributed by atoms with Gasteiger partial charge in [0, 0.05) is 24.9 Å². The van der Waals surface area contributed by atoms with Crippen LogP contribution >= 0.6 is 0 Å². The minimum absolute atomic E-state index is 0.0892. The maximum Gasteiger partial charge on any atom is 0.232 e. The summed E-state index contributed by atoms with van der Waals surface area (Å²) in [6, 6.07) is 10.3. The number of amides is 1. The van der Waals surface area contributed by atoms with Crippen LogP contribution in [-0.4, -0.2) is 34.0 Å². The van der Waals surface area contributed by atoms with Crippen molar-refractivity contribution in [2.45, 2.75) is 31.6 Å². The van der Waals surface area contributed by atoms with Crippen molar-refractivity contribution in [3.05, 3.63) is 47.6 Å². The Morgan fingerprint density at radius 1 is 1.18 bits per heavy atom. The fourth-order valence-electron chi connectivity index (χ4n) is 3.32. The third kappa shape index (κ3) is 2.40. The molecule has 2 aromatic rings. The summed E-state index contributed by atoms with van der Waals surface area (Å²) >= 11 is 0. The largest absolute Gasteiger partial charge is 0.341 e. The van der Waals surface area contributed by atoms with Crippen molar-refractivity contribution in [1.82, 2.24) is 15.0 Å². The van der Waals surface area contributed by atoms with Crippen molar-refractivity contribution < 1.29 is 9.32 Å². The van der Waals surface area contributed by atoms with E-state index < -0.39 is 0 Å². The number of carbonyl (C=O) groups is 1. The van der Waals surface area contributed by atoms with E-state index in [1.54, 1.807) is 0 Å². The highest BCUT2D eigenvalue weighted by atomic mass is 16.5. The summed E-state index contributed by atoms with van der Waals surface area (Å²) in [6.07, 6.45) is 2.07. The van der Waals surface area contributed by atoms with Crippen LogP contribution in [-0.2, 0) is 4.79 Å². The number of aromatic nitrogens is 2. The van der Waals surface area contributed by atoms with Gasteiger partial charge < -0.3 is 9.42 Å². The topological polar surface area (TPSA) is 59.2 Å². The minimum Gasteiger partial charge on any atom is -0.341 e. The van der Waals surface area contributed by atoms with E-state index in [4.69, 9.17) is 4.52 Å². The Morgan fingerprint density at radius 2 is 1.91 bits per heavy atom. The molecule has 1 aliphatic carbocycles. The van der Waals surface area contributed by atoms with Crippen molar-refractivity contribution >= 4 is 5.91 Å². The van der Waals surface area contributed by atoms with Gasteiger partial charge in [0.25, 0.3) is 0 Å². The second-order valence-electron chi connectivity index (χ2n) is 6.32. The van der Waals surface area contributed by atoms with Gasteiger partial charge in [-0.3, -0.25) is 4.79 Å². The van der Waals surface area contributed by atoms with Gasteiger partial charge in [-0.1, -0.05) is 35.5 Å². The number of benzene rings is 1. The third-order valence-corrected chi connectivity index (χ3v) is 4.65. The van der Waals surface area contributed by atoms with Crippen LogP contribution in [0.1, 0.15) is 42.0 Å². The molecule has 0 unspecified atom stereocenters. The number of hydrogen-bond donors (Lipinski definition) is 0. The number of hydrogen-bond acceptors (Lipinski definition) is 4. The van der Waals surface area contributed by atoms with Gasteiger partial charge in [-0.25, -0.2) is 0 Å². The van der Waals surface area contributed by atoms with Crippen LogP contribution in [0.2, 0.25) is 0 Å². The Labute approximate surface area is 129 Å². The molecule has 22 heavy (non-hydrogen) atoms. The molecule has 0 bridgehead atoms. The standard InChI is InChI=1S/C17H19N3O2/c1-11-18-16(22-19-11)15-10-20(17(21)13-7-8-13)9-14(15)12-5-3-2-4-6-12/h2-6,13-15H,7-10H2,1H3/t14-,15-/m0/s1. The molecular formula is C17H19N3O2. The van der Waals surface area contributed by atoms with Gasteiger partial charge >= 0.3 is 0 Å². The molecule has 1 saturated carbocycles. The minimum atomic E-state index is 0.0892. The summed E-state index contributed by atoms with van der Waals surface area (Å²) in [6.45, 7) is 3.24.